The Morgan fingerprint density at radius 2 is 1.17 bits per heavy atom. The van der Waals surface area contributed by atoms with Gasteiger partial charge < -0.3 is 9.47 Å². The third-order valence-corrected chi connectivity index (χ3v) is 6.88. The van der Waals surface area contributed by atoms with Gasteiger partial charge in [0.1, 0.15) is 6.17 Å². The Kier molecular flexibility index (Phi) is 5.45. The molecule has 6 rings (SSSR count). The maximum Gasteiger partial charge on any atom is 0.161 e. The number of nitrogens with one attached hydrogen (secondary N) is 1. The van der Waals surface area contributed by atoms with E-state index in [2.05, 4.69) is 130 Å². The summed E-state index contributed by atoms with van der Waals surface area (Å²) in [6, 6.07) is 42.5. The first-order chi connectivity index (χ1) is 17.3. The number of hydrogen-bond donors (Lipinski definition) is 2. The highest BCUT2D eigenvalue weighted by molar-refractivity contribution is 6.08. The second-order valence-corrected chi connectivity index (χ2v) is 8.83. The molecule has 0 fully saturated rings. The lowest BCUT2D eigenvalue weighted by Crippen LogP contribution is -2.45. The van der Waals surface area contributed by atoms with Crippen LogP contribution in [0, 0.1) is 0 Å². The molecule has 1 aromatic heterocycles. The highest BCUT2D eigenvalue weighted by atomic mass is 15.4. The second-order valence-electron chi connectivity index (χ2n) is 8.83. The third kappa shape index (κ3) is 3.55. The Hall–Kier alpha value is -4.12. The maximum absolute atomic E-state index is 7.30. The average Bonchev–Trinajstić information content (AvgIpc) is 3.26. The van der Waals surface area contributed by atoms with Crippen molar-refractivity contribution in [2.45, 2.75) is 12.5 Å². The summed E-state index contributed by atoms with van der Waals surface area (Å²) in [5.74, 6) is 0. The number of benzene rings is 5. The molecule has 6 aromatic rings. The molecule has 4 nitrogen and oxygen atoms in total. The normalized spacial score (nSPS) is 13.3. The molecule has 2 unspecified atom stereocenters. The number of rotatable bonds is 6. The van der Waals surface area contributed by atoms with E-state index in [-0.39, 0.29) is 6.17 Å². The van der Waals surface area contributed by atoms with Crippen LogP contribution in [0.5, 0.6) is 0 Å². The lowest BCUT2D eigenvalue weighted by atomic mass is 10.1. The molecule has 0 saturated heterocycles. The molecular formula is C31H28N4. The van der Waals surface area contributed by atoms with Gasteiger partial charge in [-0.2, -0.15) is 0 Å². The molecule has 0 spiro atoms. The number of hydrogen-bond acceptors (Lipinski definition) is 3. The summed E-state index contributed by atoms with van der Waals surface area (Å²) < 4.78 is 2.26. The highest BCUT2D eigenvalue weighted by Gasteiger charge is 2.29. The maximum atomic E-state index is 7.30. The highest BCUT2D eigenvalue weighted by Crippen LogP contribution is 2.38. The Morgan fingerprint density at radius 3 is 1.83 bits per heavy atom. The van der Waals surface area contributed by atoms with Gasteiger partial charge >= 0.3 is 0 Å². The van der Waals surface area contributed by atoms with Gasteiger partial charge in [0.2, 0.25) is 0 Å². The molecule has 172 valence electrons. The van der Waals surface area contributed by atoms with E-state index >= 15 is 0 Å². The van der Waals surface area contributed by atoms with E-state index in [0.717, 1.165) is 22.3 Å². The van der Waals surface area contributed by atoms with Gasteiger partial charge in [-0.3, -0.25) is 11.1 Å². The fourth-order valence-corrected chi connectivity index (χ4v) is 5.33. The van der Waals surface area contributed by atoms with Gasteiger partial charge in [0.25, 0.3) is 0 Å². The quantitative estimate of drug-likeness (QED) is 0.271. The number of para-hydroxylation sites is 2. The zero-order valence-electron chi connectivity index (χ0n) is 19.7. The molecule has 0 radical (unpaired) electrons. The van der Waals surface area contributed by atoms with Crippen LogP contribution in [0.15, 0.2) is 121 Å². The van der Waals surface area contributed by atoms with E-state index in [9.17, 15) is 0 Å². The summed E-state index contributed by atoms with van der Waals surface area (Å²) in [5, 5.41) is 8.32. The summed E-state index contributed by atoms with van der Waals surface area (Å²) in [6.07, 6.45) is -0.611. The van der Waals surface area contributed by atoms with E-state index < -0.39 is 6.29 Å². The molecule has 1 heterocycles. The van der Waals surface area contributed by atoms with Gasteiger partial charge in [0.15, 0.2) is 6.29 Å². The van der Waals surface area contributed by atoms with Gasteiger partial charge in [-0.1, -0.05) is 103 Å². The smallest absolute Gasteiger partial charge is 0.161 e. The largest absolute Gasteiger partial charge is 0.318 e. The summed E-state index contributed by atoms with van der Waals surface area (Å²) >= 11 is 0. The van der Waals surface area contributed by atoms with E-state index in [0.29, 0.717) is 0 Å². The molecule has 35 heavy (non-hydrogen) atoms. The SMILES string of the molecule is CNC(c1ccccc1)N(c1cccc2ccccc12)C(N)n1c2ccccc2c2ccccc21. The van der Waals surface area contributed by atoms with Gasteiger partial charge in [-0.15, -0.1) is 0 Å². The van der Waals surface area contributed by atoms with E-state index in [1.165, 1.54) is 21.5 Å². The summed E-state index contributed by atoms with van der Waals surface area (Å²) in [7, 11) is 1.99. The number of fused-ring (bicyclic) bond motifs is 4. The van der Waals surface area contributed by atoms with Crippen LogP contribution in [-0.4, -0.2) is 11.6 Å². The predicted molar refractivity (Wildman–Crippen MR) is 147 cm³/mol. The number of nitrogens with two attached hydrogens (primary N) is 1. The van der Waals surface area contributed by atoms with Gasteiger partial charge in [0.05, 0.1) is 11.0 Å². The number of anilines is 1. The monoisotopic (exact) mass is 456 g/mol. The van der Waals surface area contributed by atoms with Crippen LogP contribution < -0.4 is 16.0 Å². The zero-order valence-corrected chi connectivity index (χ0v) is 19.7. The molecule has 4 heteroatoms. The van der Waals surface area contributed by atoms with Crippen molar-refractivity contribution in [2.24, 2.45) is 5.73 Å². The molecular weight excluding hydrogens is 428 g/mol. The molecule has 0 saturated carbocycles. The first-order valence-corrected chi connectivity index (χ1v) is 12.0. The number of nitrogens with zero attached hydrogens (tertiary/aromatic N) is 2. The Labute approximate surface area is 205 Å². The van der Waals surface area contributed by atoms with Crippen molar-refractivity contribution in [1.82, 2.24) is 9.88 Å². The lowest BCUT2D eigenvalue weighted by Gasteiger charge is -2.40. The van der Waals surface area contributed by atoms with Crippen molar-refractivity contribution in [1.29, 1.82) is 0 Å². The molecule has 0 aliphatic rings. The molecule has 0 bridgehead atoms. The second kappa shape index (κ2) is 8.91. The van der Waals surface area contributed by atoms with E-state index in [1.54, 1.807) is 0 Å². The topological polar surface area (TPSA) is 46.2 Å². The van der Waals surface area contributed by atoms with Crippen molar-refractivity contribution in [3.8, 4) is 0 Å². The van der Waals surface area contributed by atoms with Gasteiger partial charge in [-0.25, -0.2) is 0 Å². The molecule has 0 aliphatic heterocycles. The van der Waals surface area contributed by atoms with Crippen molar-refractivity contribution >= 4 is 38.3 Å². The Bertz CT molecular complexity index is 1560. The van der Waals surface area contributed by atoms with Crippen molar-refractivity contribution in [3.63, 3.8) is 0 Å². The minimum absolute atomic E-state index is 0.142. The fraction of sp³-hybridized carbons (Fsp3) is 0.0968. The molecule has 0 amide bonds. The van der Waals surface area contributed by atoms with Crippen LogP contribution in [0.1, 0.15) is 18.0 Å². The number of aromatic nitrogens is 1. The Balaban J connectivity index is 1.64. The minimum atomic E-state index is -0.469. The average molecular weight is 457 g/mol. The third-order valence-electron chi connectivity index (χ3n) is 6.88. The van der Waals surface area contributed by atoms with Crippen molar-refractivity contribution in [2.75, 3.05) is 11.9 Å². The molecule has 0 aliphatic carbocycles. The van der Waals surface area contributed by atoms with E-state index in [4.69, 9.17) is 5.73 Å². The molecule has 3 N–H and O–H groups in total. The first kappa shape index (κ1) is 21.4. The lowest BCUT2D eigenvalue weighted by molar-refractivity contribution is 0.422. The summed E-state index contributed by atoms with van der Waals surface area (Å²) in [6.45, 7) is 0. The van der Waals surface area contributed by atoms with Crippen LogP contribution in [0.2, 0.25) is 0 Å². The predicted octanol–water partition coefficient (Wildman–Crippen LogP) is 6.79. The summed E-state index contributed by atoms with van der Waals surface area (Å²) in [5.41, 5.74) is 11.8. The van der Waals surface area contributed by atoms with Crippen LogP contribution in [-0.2, 0) is 0 Å². The first-order valence-electron chi connectivity index (χ1n) is 12.0. The van der Waals surface area contributed by atoms with Crippen LogP contribution in [0.25, 0.3) is 32.6 Å². The zero-order chi connectivity index (χ0) is 23.8. The van der Waals surface area contributed by atoms with Crippen LogP contribution in [0.3, 0.4) is 0 Å². The van der Waals surface area contributed by atoms with Crippen LogP contribution in [0.4, 0.5) is 5.69 Å². The van der Waals surface area contributed by atoms with Gasteiger partial charge in [0, 0.05) is 21.8 Å². The fourth-order valence-electron chi connectivity index (χ4n) is 5.33. The Morgan fingerprint density at radius 1 is 0.629 bits per heavy atom. The molecule has 2 atom stereocenters. The van der Waals surface area contributed by atoms with Crippen molar-refractivity contribution < 1.29 is 0 Å². The van der Waals surface area contributed by atoms with E-state index in [1.807, 2.05) is 13.1 Å². The van der Waals surface area contributed by atoms with Crippen LogP contribution >= 0.6 is 0 Å². The van der Waals surface area contributed by atoms with Crippen molar-refractivity contribution in [3.05, 3.63) is 127 Å². The standard InChI is InChI=1S/C31H28N4/c1-33-30(23-13-3-2-4-14-23)35(27-21-11-15-22-12-5-6-16-24(22)27)31(32)34-28-19-9-7-17-25(28)26-18-8-10-20-29(26)34/h2-21,30-31,33H,32H2,1H3. The van der Waals surface area contributed by atoms with Gasteiger partial charge in [-0.05, 0) is 36.2 Å². The summed E-state index contributed by atoms with van der Waals surface area (Å²) in [4.78, 5) is 2.30. The molecule has 5 aromatic carbocycles. The minimum Gasteiger partial charge on any atom is -0.318 e.